The van der Waals surface area contributed by atoms with E-state index in [4.69, 9.17) is 5.11 Å². The van der Waals surface area contributed by atoms with E-state index in [0.717, 1.165) is 11.1 Å². The van der Waals surface area contributed by atoms with Gasteiger partial charge in [0.1, 0.15) is 5.78 Å². The molecule has 0 aliphatic carbocycles. The zero-order chi connectivity index (χ0) is 12.3. The lowest BCUT2D eigenvalue weighted by atomic mass is 9.98. The number of halogens is 1. The molecule has 0 aliphatic heterocycles. The Labute approximate surface area is 103 Å². The first-order valence-corrected chi connectivity index (χ1v) is 5.79. The van der Waals surface area contributed by atoms with Gasteiger partial charge in [-0.3, -0.25) is 9.59 Å². The maximum absolute atomic E-state index is 11.3. The summed E-state index contributed by atoms with van der Waals surface area (Å²) in [6.07, 6.45) is -0.0645. The van der Waals surface area contributed by atoms with E-state index in [1.807, 2.05) is 19.1 Å². The Balaban J connectivity index is 3.17. The number of rotatable bonds is 4. The van der Waals surface area contributed by atoms with Crippen LogP contribution in [0.4, 0.5) is 0 Å². The number of carbonyl (C=O) groups is 2. The van der Waals surface area contributed by atoms with Gasteiger partial charge in [-0.2, -0.15) is 0 Å². The number of Topliss-reactive ketones (excluding diaryl/α,β-unsaturated/α-hetero) is 1. The third-order valence-corrected chi connectivity index (χ3v) is 3.41. The lowest BCUT2D eigenvalue weighted by Crippen LogP contribution is -2.09. The van der Waals surface area contributed by atoms with Gasteiger partial charge in [0.25, 0.3) is 0 Å². The van der Waals surface area contributed by atoms with Gasteiger partial charge in [0.05, 0.1) is 11.2 Å². The normalized spacial score (nSPS) is 12.2. The first-order valence-electron chi connectivity index (χ1n) is 4.87. The van der Waals surface area contributed by atoms with Gasteiger partial charge in [0.15, 0.2) is 0 Å². The van der Waals surface area contributed by atoms with Crippen LogP contribution in [-0.4, -0.2) is 16.9 Å². The van der Waals surface area contributed by atoms with Crippen molar-refractivity contribution in [3.8, 4) is 0 Å². The van der Waals surface area contributed by atoms with Crippen LogP contribution in [0, 0.1) is 6.92 Å². The summed E-state index contributed by atoms with van der Waals surface area (Å²) >= 11 is 3.28. The van der Waals surface area contributed by atoms with Gasteiger partial charge in [0.2, 0.25) is 0 Å². The monoisotopic (exact) mass is 284 g/mol. The fourth-order valence-corrected chi connectivity index (χ4v) is 1.92. The summed E-state index contributed by atoms with van der Waals surface area (Å²) in [6, 6.07) is 5.46. The van der Waals surface area contributed by atoms with E-state index in [-0.39, 0.29) is 12.2 Å². The van der Waals surface area contributed by atoms with Crippen LogP contribution in [-0.2, 0) is 16.0 Å². The molecule has 0 bridgehead atoms. The Morgan fingerprint density at radius 2 is 2.06 bits per heavy atom. The van der Waals surface area contributed by atoms with E-state index in [9.17, 15) is 9.59 Å². The first-order chi connectivity index (χ1) is 7.41. The molecule has 86 valence electrons. The average Bonchev–Trinajstić information content (AvgIpc) is 2.18. The van der Waals surface area contributed by atoms with E-state index >= 15 is 0 Å². The predicted molar refractivity (Wildman–Crippen MR) is 64.9 cm³/mol. The molecular formula is C12H13BrO3. The lowest BCUT2D eigenvalue weighted by Gasteiger charge is -2.12. The van der Waals surface area contributed by atoms with Crippen LogP contribution >= 0.6 is 15.9 Å². The molecule has 0 fully saturated rings. The van der Waals surface area contributed by atoms with Gasteiger partial charge < -0.3 is 5.11 Å². The van der Waals surface area contributed by atoms with Crippen molar-refractivity contribution in [3.63, 3.8) is 0 Å². The summed E-state index contributed by atoms with van der Waals surface area (Å²) in [5.41, 5.74) is 2.43. The largest absolute Gasteiger partial charge is 0.481 e. The zero-order valence-electron chi connectivity index (χ0n) is 9.16. The maximum atomic E-state index is 11.3. The molecule has 0 saturated carbocycles. The van der Waals surface area contributed by atoms with Crippen molar-refractivity contribution < 1.29 is 14.7 Å². The van der Waals surface area contributed by atoms with E-state index < -0.39 is 10.8 Å². The molecule has 1 aromatic rings. The van der Waals surface area contributed by atoms with Gasteiger partial charge in [-0.05, 0) is 25.0 Å². The number of carboxylic acids is 1. The Morgan fingerprint density at radius 1 is 1.44 bits per heavy atom. The van der Waals surface area contributed by atoms with Gasteiger partial charge >= 0.3 is 5.97 Å². The lowest BCUT2D eigenvalue weighted by molar-refractivity contribution is -0.136. The van der Waals surface area contributed by atoms with Crippen molar-refractivity contribution in [3.05, 3.63) is 34.9 Å². The first kappa shape index (κ1) is 12.9. The summed E-state index contributed by atoms with van der Waals surface area (Å²) in [4.78, 5) is 21.6. The molecule has 16 heavy (non-hydrogen) atoms. The topological polar surface area (TPSA) is 54.4 Å². The fraction of sp³-hybridized carbons (Fsp3) is 0.333. The minimum Gasteiger partial charge on any atom is -0.481 e. The number of carbonyl (C=O) groups excluding carboxylic acids is 1. The van der Waals surface area contributed by atoms with Crippen LogP contribution in [0.25, 0.3) is 0 Å². The summed E-state index contributed by atoms with van der Waals surface area (Å²) in [5.74, 6) is -0.925. The highest BCUT2D eigenvalue weighted by Gasteiger charge is 2.17. The molecule has 1 rings (SSSR count). The van der Waals surface area contributed by atoms with Crippen molar-refractivity contribution in [2.75, 3.05) is 0 Å². The molecule has 1 aromatic carbocycles. The predicted octanol–water partition coefficient (Wildman–Crippen LogP) is 2.65. The number of alkyl halides is 1. The minimum atomic E-state index is -0.895. The maximum Gasteiger partial charge on any atom is 0.307 e. The van der Waals surface area contributed by atoms with Crippen molar-refractivity contribution >= 4 is 27.7 Å². The van der Waals surface area contributed by atoms with Crippen molar-refractivity contribution in [2.45, 2.75) is 25.1 Å². The SMILES string of the molecule is CC(=O)C(Br)c1cc(C)ccc1CC(=O)O. The van der Waals surface area contributed by atoms with Crippen molar-refractivity contribution in [1.82, 2.24) is 0 Å². The quantitative estimate of drug-likeness (QED) is 0.865. The Hall–Kier alpha value is -1.16. The van der Waals surface area contributed by atoms with Gasteiger partial charge in [-0.25, -0.2) is 0 Å². The van der Waals surface area contributed by atoms with Gasteiger partial charge in [-0.15, -0.1) is 0 Å². The van der Waals surface area contributed by atoms with Crippen molar-refractivity contribution in [2.24, 2.45) is 0 Å². The van der Waals surface area contributed by atoms with Crippen LogP contribution in [0.1, 0.15) is 28.4 Å². The summed E-state index contributed by atoms with van der Waals surface area (Å²) in [5, 5.41) is 8.78. The van der Waals surface area contributed by atoms with Crippen LogP contribution in [0.2, 0.25) is 0 Å². The molecule has 0 amide bonds. The number of hydrogen-bond acceptors (Lipinski definition) is 2. The Morgan fingerprint density at radius 3 is 2.56 bits per heavy atom. The summed E-state index contributed by atoms with van der Waals surface area (Å²) in [7, 11) is 0. The molecule has 4 heteroatoms. The molecular weight excluding hydrogens is 272 g/mol. The van der Waals surface area contributed by atoms with Crippen LogP contribution < -0.4 is 0 Å². The molecule has 1 unspecified atom stereocenters. The third-order valence-electron chi connectivity index (χ3n) is 2.27. The zero-order valence-corrected chi connectivity index (χ0v) is 10.7. The number of ketones is 1. The van der Waals surface area contributed by atoms with Crippen LogP contribution in [0.3, 0.4) is 0 Å². The molecule has 0 radical (unpaired) electrons. The van der Waals surface area contributed by atoms with Crippen molar-refractivity contribution in [1.29, 1.82) is 0 Å². The molecule has 1 atom stereocenters. The molecule has 0 saturated heterocycles. The van der Waals surface area contributed by atoms with Crippen LogP contribution in [0.5, 0.6) is 0 Å². The summed E-state index contributed by atoms with van der Waals surface area (Å²) < 4.78 is 0. The second kappa shape index (κ2) is 5.25. The number of hydrogen-bond donors (Lipinski definition) is 1. The molecule has 0 aromatic heterocycles. The van der Waals surface area contributed by atoms with E-state index in [2.05, 4.69) is 15.9 Å². The molecule has 1 N–H and O–H groups in total. The highest BCUT2D eigenvalue weighted by Crippen LogP contribution is 2.28. The van der Waals surface area contributed by atoms with Crippen LogP contribution in [0.15, 0.2) is 18.2 Å². The number of benzene rings is 1. The Bertz CT molecular complexity index is 426. The van der Waals surface area contributed by atoms with Gasteiger partial charge in [0, 0.05) is 0 Å². The second-order valence-electron chi connectivity index (χ2n) is 3.75. The molecule has 0 heterocycles. The second-order valence-corrected chi connectivity index (χ2v) is 4.66. The standard InChI is InChI=1S/C12H13BrO3/c1-7-3-4-9(6-11(15)16)10(5-7)12(13)8(2)14/h3-5,12H,6H2,1-2H3,(H,15,16). The number of aliphatic carboxylic acids is 1. The van der Waals surface area contributed by atoms with E-state index in [0.29, 0.717) is 5.56 Å². The molecule has 0 aliphatic rings. The fourth-order valence-electron chi connectivity index (χ4n) is 1.49. The molecule has 3 nitrogen and oxygen atoms in total. The minimum absolute atomic E-state index is 0.0303. The van der Waals surface area contributed by atoms with E-state index in [1.165, 1.54) is 6.92 Å². The highest BCUT2D eigenvalue weighted by atomic mass is 79.9. The number of carboxylic acid groups (broad SMARTS) is 1. The number of aryl methyl sites for hydroxylation is 1. The smallest absolute Gasteiger partial charge is 0.307 e. The van der Waals surface area contributed by atoms with E-state index in [1.54, 1.807) is 6.07 Å². The van der Waals surface area contributed by atoms with Gasteiger partial charge in [-0.1, -0.05) is 39.7 Å². The highest BCUT2D eigenvalue weighted by molar-refractivity contribution is 9.09. The third kappa shape index (κ3) is 3.17. The Kier molecular flexibility index (Phi) is 4.24. The average molecular weight is 285 g/mol. The summed E-state index contributed by atoms with van der Waals surface area (Å²) in [6.45, 7) is 3.39. The molecule has 0 spiro atoms.